The lowest BCUT2D eigenvalue weighted by Crippen LogP contribution is -2.02. The van der Waals surface area contributed by atoms with Gasteiger partial charge in [-0.3, -0.25) is 0 Å². The summed E-state index contributed by atoms with van der Waals surface area (Å²) in [6.07, 6.45) is 1.95. The van der Waals surface area contributed by atoms with Crippen molar-refractivity contribution in [3.63, 3.8) is 0 Å². The third-order valence-electron chi connectivity index (χ3n) is 2.26. The van der Waals surface area contributed by atoms with E-state index in [1.165, 1.54) is 5.39 Å². The second-order valence-corrected chi connectivity index (χ2v) is 3.11. The van der Waals surface area contributed by atoms with Crippen LogP contribution in [0.2, 0.25) is 0 Å². The summed E-state index contributed by atoms with van der Waals surface area (Å²) in [5.41, 5.74) is 2.21. The molecule has 0 saturated carbocycles. The van der Waals surface area contributed by atoms with Crippen LogP contribution in [0.1, 0.15) is 5.56 Å². The molecule has 0 spiro atoms. The molecule has 0 amide bonds. The highest BCUT2D eigenvalue weighted by atomic mass is 16.6. The summed E-state index contributed by atoms with van der Waals surface area (Å²) in [4.78, 5) is 5.22. The number of fused-ring (bicyclic) bond motifs is 1. The van der Waals surface area contributed by atoms with Gasteiger partial charge in [0, 0.05) is 18.1 Å². The van der Waals surface area contributed by atoms with Crippen molar-refractivity contribution >= 4 is 10.9 Å². The summed E-state index contributed by atoms with van der Waals surface area (Å²) < 4.78 is 6.88. The molecule has 3 heteroatoms. The molecule has 1 heterocycles. The molecule has 2 aromatic rings. The van der Waals surface area contributed by atoms with Crippen LogP contribution in [0.5, 0.6) is 0 Å². The number of para-hydroxylation sites is 1. The van der Waals surface area contributed by atoms with E-state index < -0.39 is 0 Å². The van der Waals surface area contributed by atoms with Crippen LogP contribution in [0, 0.1) is 0 Å². The molecule has 0 aliphatic heterocycles. The Morgan fingerprint density at radius 3 is 2.71 bits per heavy atom. The second kappa shape index (κ2) is 3.72. The SMILES string of the molecule is COCc1cn(OC)c2ccccc12. The van der Waals surface area contributed by atoms with Gasteiger partial charge in [-0.15, -0.1) is 0 Å². The zero-order chi connectivity index (χ0) is 9.97. The largest absolute Gasteiger partial charge is 0.417 e. The first kappa shape index (κ1) is 9.09. The monoisotopic (exact) mass is 191 g/mol. The van der Waals surface area contributed by atoms with Crippen molar-refractivity contribution < 1.29 is 9.57 Å². The molecule has 0 radical (unpaired) electrons. The Morgan fingerprint density at radius 1 is 1.21 bits per heavy atom. The molecule has 0 aliphatic carbocycles. The van der Waals surface area contributed by atoms with Crippen LogP contribution in [0.4, 0.5) is 0 Å². The van der Waals surface area contributed by atoms with Gasteiger partial charge in [0.1, 0.15) is 7.11 Å². The van der Waals surface area contributed by atoms with Gasteiger partial charge in [0.15, 0.2) is 0 Å². The minimum Gasteiger partial charge on any atom is -0.417 e. The highest BCUT2D eigenvalue weighted by Gasteiger charge is 2.06. The predicted molar refractivity (Wildman–Crippen MR) is 55.2 cm³/mol. The number of hydrogen-bond acceptors (Lipinski definition) is 2. The smallest absolute Gasteiger partial charge is 0.104 e. The fourth-order valence-electron chi connectivity index (χ4n) is 1.64. The number of aromatic nitrogens is 1. The molecule has 0 N–H and O–H groups in total. The Bertz CT molecular complexity index is 434. The van der Waals surface area contributed by atoms with E-state index in [0.29, 0.717) is 6.61 Å². The minimum absolute atomic E-state index is 0.608. The van der Waals surface area contributed by atoms with Crippen molar-refractivity contribution in [2.75, 3.05) is 14.2 Å². The lowest BCUT2D eigenvalue weighted by Gasteiger charge is -2.00. The van der Waals surface area contributed by atoms with Crippen LogP contribution >= 0.6 is 0 Å². The Kier molecular flexibility index (Phi) is 2.41. The third kappa shape index (κ3) is 1.36. The summed E-state index contributed by atoms with van der Waals surface area (Å²) in [7, 11) is 3.35. The fraction of sp³-hybridized carbons (Fsp3) is 0.273. The van der Waals surface area contributed by atoms with Gasteiger partial charge in [0.05, 0.1) is 18.3 Å². The Morgan fingerprint density at radius 2 is 2.00 bits per heavy atom. The molecule has 1 aromatic heterocycles. The number of ether oxygens (including phenoxy) is 1. The van der Waals surface area contributed by atoms with E-state index >= 15 is 0 Å². The first-order valence-corrected chi connectivity index (χ1v) is 4.49. The van der Waals surface area contributed by atoms with E-state index in [-0.39, 0.29) is 0 Å². The van der Waals surface area contributed by atoms with E-state index in [4.69, 9.17) is 9.57 Å². The van der Waals surface area contributed by atoms with Gasteiger partial charge in [-0.05, 0) is 6.07 Å². The molecule has 74 valence electrons. The molecule has 0 fully saturated rings. The molecule has 0 aliphatic rings. The molecule has 1 aromatic carbocycles. The number of benzene rings is 1. The normalized spacial score (nSPS) is 10.7. The van der Waals surface area contributed by atoms with Crippen molar-refractivity contribution in [1.82, 2.24) is 4.73 Å². The minimum atomic E-state index is 0.608. The van der Waals surface area contributed by atoms with E-state index in [0.717, 1.165) is 11.1 Å². The maximum atomic E-state index is 5.22. The Hall–Kier alpha value is -1.48. The fourth-order valence-corrected chi connectivity index (χ4v) is 1.64. The predicted octanol–water partition coefficient (Wildman–Crippen LogP) is 1.85. The molecule has 3 nitrogen and oxygen atoms in total. The molecule has 0 atom stereocenters. The van der Waals surface area contributed by atoms with Gasteiger partial charge in [-0.1, -0.05) is 18.2 Å². The highest BCUT2D eigenvalue weighted by molar-refractivity contribution is 5.83. The summed E-state index contributed by atoms with van der Waals surface area (Å²) in [5, 5.41) is 1.18. The summed E-state index contributed by atoms with van der Waals surface area (Å²) >= 11 is 0. The van der Waals surface area contributed by atoms with Crippen molar-refractivity contribution in [2.45, 2.75) is 6.61 Å². The molecular formula is C11H13NO2. The van der Waals surface area contributed by atoms with Crippen molar-refractivity contribution in [3.8, 4) is 0 Å². The lowest BCUT2D eigenvalue weighted by atomic mass is 10.2. The topological polar surface area (TPSA) is 23.4 Å². The number of methoxy groups -OCH3 is 1. The molecule has 0 unspecified atom stereocenters. The quantitative estimate of drug-likeness (QED) is 0.739. The van der Waals surface area contributed by atoms with Crippen LogP contribution in [-0.2, 0) is 11.3 Å². The zero-order valence-corrected chi connectivity index (χ0v) is 8.36. The van der Waals surface area contributed by atoms with Crippen molar-refractivity contribution in [3.05, 3.63) is 36.0 Å². The van der Waals surface area contributed by atoms with Crippen LogP contribution in [0.25, 0.3) is 10.9 Å². The van der Waals surface area contributed by atoms with Gasteiger partial charge < -0.3 is 9.57 Å². The molecule has 0 bridgehead atoms. The van der Waals surface area contributed by atoms with Crippen molar-refractivity contribution in [2.24, 2.45) is 0 Å². The molecular weight excluding hydrogens is 178 g/mol. The van der Waals surface area contributed by atoms with Gasteiger partial charge in [0.25, 0.3) is 0 Å². The van der Waals surface area contributed by atoms with E-state index in [1.807, 2.05) is 24.4 Å². The summed E-state index contributed by atoms with van der Waals surface area (Å²) in [6.45, 7) is 0.608. The van der Waals surface area contributed by atoms with E-state index in [1.54, 1.807) is 19.0 Å². The first-order valence-electron chi connectivity index (χ1n) is 4.49. The zero-order valence-electron chi connectivity index (χ0n) is 8.36. The maximum Gasteiger partial charge on any atom is 0.104 e. The van der Waals surface area contributed by atoms with Crippen LogP contribution in [-0.4, -0.2) is 19.0 Å². The van der Waals surface area contributed by atoms with Gasteiger partial charge >= 0.3 is 0 Å². The first-order chi connectivity index (χ1) is 6.86. The van der Waals surface area contributed by atoms with E-state index in [9.17, 15) is 0 Å². The standard InChI is InChI=1S/C11H13NO2/c1-13-8-9-7-12(14-2)11-6-4-3-5-10(9)11/h3-7H,8H2,1-2H3. The lowest BCUT2D eigenvalue weighted by molar-refractivity contribution is 0.170. The van der Waals surface area contributed by atoms with E-state index in [2.05, 4.69) is 6.07 Å². The summed E-state index contributed by atoms with van der Waals surface area (Å²) in [5.74, 6) is 0. The number of rotatable bonds is 3. The van der Waals surface area contributed by atoms with Gasteiger partial charge in [-0.2, -0.15) is 4.73 Å². The average molecular weight is 191 g/mol. The van der Waals surface area contributed by atoms with Crippen molar-refractivity contribution in [1.29, 1.82) is 0 Å². The summed E-state index contributed by atoms with van der Waals surface area (Å²) in [6, 6.07) is 8.10. The van der Waals surface area contributed by atoms with Gasteiger partial charge in [-0.25, -0.2) is 0 Å². The van der Waals surface area contributed by atoms with Gasteiger partial charge in [0.2, 0.25) is 0 Å². The van der Waals surface area contributed by atoms with Crippen LogP contribution in [0.15, 0.2) is 30.5 Å². The Balaban J connectivity index is 2.61. The maximum absolute atomic E-state index is 5.22. The third-order valence-corrected chi connectivity index (χ3v) is 2.26. The Labute approximate surface area is 82.8 Å². The second-order valence-electron chi connectivity index (χ2n) is 3.11. The van der Waals surface area contributed by atoms with Crippen LogP contribution < -0.4 is 4.84 Å². The molecule has 2 rings (SSSR count). The number of hydrogen-bond donors (Lipinski definition) is 0. The highest BCUT2D eigenvalue weighted by Crippen LogP contribution is 2.20. The van der Waals surface area contributed by atoms with Crippen LogP contribution in [0.3, 0.4) is 0 Å². The molecule has 14 heavy (non-hydrogen) atoms. The average Bonchev–Trinajstić information content (AvgIpc) is 2.58. The molecule has 0 saturated heterocycles. The number of nitrogens with zero attached hydrogens (tertiary/aromatic N) is 1.